The molecule has 82 valence electrons. The predicted octanol–water partition coefficient (Wildman–Crippen LogP) is 4.39. The SMILES string of the molecule is CC1=[C-]CC=C1C.CC1=[C-]CC=C1C.[H-].[H-].[Ti+2]. The summed E-state index contributed by atoms with van der Waals surface area (Å²) in [4.78, 5) is 0. The van der Waals surface area contributed by atoms with Gasteiger partial charge < -0.3 is 2.85 Å². The smallest absolute Gasteiger partial charge is 1.00 e. The van der Waals surface area contributed by atoms with Crippen molar-refractivity contribution in [2.75, 3.05) is 0 Å². The molecule has 2 aliphatic rings. The van der Waals surface area contributed by atoms with Crippen LogP contribution in [0.1, 0.15) is 43.4 Å². The molecule has 0 aromatic carbocycles. The summed E-state index contributed by atoms with van der Waals surface area (Å²) in [5, 5.41) is 0. The van der Waals surface area contributed by atoms with Crippen LogP contribution in [0.5, 0.6) is 0 Å². The molecule has 15 heavy (non-hydrogen) atoms. The van der Waals surface area contributed by atoms with E-state index in [0.717, 1.165) is 12.8 Å². The maximum atomic E-state index is 3.19. The van der Waals surface area contributed by atoms with Gasteiger partial charge in [-0.1, -0.05) is 13.8 Å². The molecule has 0 nitrogen and oxygen atoms in total. The van der Waals surface area contributed by atoms with Gasteiger partial charge in [-0.05, 0) is 0 Å². The second kappa shape index (κ2) is 7.03. The molecule has 0 amide bonds. The molecule has 0 heterocycles. The van der Waals surface area contributed by atoms with E-state index in [4.69, 9.17) is 0 Å². The minimum absolute atomic E-state index is 0. The first-order valence-corrected chi connectivity index (χ1v) is 5.10. The van der Waals surface area contributed by atoms with Crippen LogP contribution in [0.2, 0.25) is 0 Å². The zero-order valence-electron chi connectivity index (χ0n) is 12.1. The van der Waals surface area contributed by atoms with E-state index < -0.39 is 0 Å². The van der Waals surface area contributed by atoms with Crippen molar-refractivity contribution in [3.63, 3.8) is 0 Å². The maximum Gasteiger partial charge on any atom is 2.00 e. The van der Waals surface area contributed by atoms with Gasteiger partial charge in [-0.2, -0.15) is 12.2 Å². The van der Waals surface area contributed by atoms with Gasteiger partial charge in [0.05, 0.1) is 0 Å². The minimum atomic E-state index is 0. The average Bonchev–Trinajstić information content (AvgIpc) is 2.67. The molecule has 0 aliphatic heterocycles. The number of rotatable bonds is 0. The first-order valence-electron chi connectivity index (χ1n) is 5.10. The molecule has 1 heteroatoms. The van der Waals surface area contributed by atoms with Crippen molar-refractivity contribution >= 4 is 0 Å². The summed E-state index contributed by atoms with van der Waals surface area (Å²) in [6.07, 6.45) is 12.8. The molecule has 0 saturated carbocycles. The zero-order valence-corrected chi connectivity index (χ0v) is 11.6. The van der Waals surface area contributed by atoms with E-state index in [1.165, 1.54) is 22.3 Å². The largest absolute Gasteiger partial charge is 2.00 e. The summed E-state index contributed by atoms with van der Waals surface area (Å²) in [6.45, 7) is 8.43. The maximum absolute atomic E-state index is 3.19. The molecule has 0 N–H and O–H groups in total. The molecule has 0 radical (unpaired) electrons. The van der Waals surface area contributed by atoms with E-state index in [-0.39, 0.29) is 24.6 Å². The monoisotopic (exact) mass is 236 g/mol. The van der Waals surface area contributed by atoms with Crippen LogP contribution in [-0.2, 0) is 21.7 Å². The second-order valence-electron chi connectivity index (χ2n) is 3.79. The van der Waals surface area contributed by atoms with Crippen LogP contribution in [0.25, 0.3) is 0 Å². The van der Waals surface area contributed by atoms with Crippen molar-refractivity contribution in [3.8, 4) is 0 Å². The second-order valence-corrected chi connectivity index (χ2v) is 3.79. The topological polar surface area (TPSA) is 0 Å². The van der Waals surface area contributed by atoms with Crippen molar-refractivity contribution < 1.29 is 24.6 Å². The Hall–Kier alpha value is -0.326. The van der Waals surface area contributed by atoms with Gasteiger partial charge in [-0.25, -0.2) is 22.3 Å². The summed E-state index contributed by atoms with van der Waals surface area (Å²) in [5.74, 6) is 0. The van der Waals surface area contributed by atoms with E-state index in [0.29, 0.717) is 0 Å². The first-order chi connectivity index (χ1) is 6.61. The van der Waals surface area contributed by atoms with Crippen molar-refractivity contribution in [2.24, 2.45) is 0 Å². The first kappa shape index (κ1) is 14.7. The minimum Gasteiger partial charge on any atom is -1.00 e. The molecule has 0 saturated heterocycles. The van der Waals surface area contributed by atoms with E-state index in [1.54, 1.807) is 0 Å². The van der Waals surface area contributed by atoms with Crippen LogP contribution in [-0.4, -0.2) is 0 Å². The Kier molecular flexibility index (Phi) is 6.88. The molecule has 0 fully saturated rings. The molecule has 0 bridgehead atoms. The van der Waals surface area contributed by atoms with Crippen LogP contribution < -0.4 is 0 Å². The van der Waals surface area contributed by atoms with Crippen molar-refractivity contribution in [2.45, 2.75) is 40.5 Å². The van der Waals surface area contributed by atoms with Crippen LogP contribution >= 0.6 is 0 Å². The summed E-state index contributed by atoms with van der Waals surface area (Å²) < 4.78 is 0. The van der Waals surface area contributed by atoms with Gasteiger partial charge in [0.1, 0.15) is 0 Å². The summed E-state index contributed by atoms with van der Waals surface area (Å²) >= 11 is 0. The fourth-order valence-electron chi connectivity index (χ4n) is 1.30. The fourth-order valence-corrected chi connectivity index (χ4v) is 1.30. The standard InChI is InChI=1S/2C7H9.Ti.2H/c2*1-6-4-3-5-7(6)2;;;/h2*4H,3H2,1-2H3;;;/q2*-1;+2;2*-1. The van der Waals surface area contributed by atoms with E-state index >= 15 is 0 Å². The van der Waals surface area contributed by atoms with Crippen LogP contribution in [0.3, 0.4) is 0 Å². The van der Waals surface area contributed by atoms with Crippen LogP contribution in [0, 0.1) is 12.2 Å². The number of hydrogen-bond acceptors (Lipinski definition) is 0. The zero-order chi connectivity index (χ0) is 10.6. The van der Waals surface area contributed by atoms with Gasteiger partial charge in [0.25, 0.3) is 0 Å². The third kappa shape index (κ3) is 4.81. The molecular formula is C14H20Ti-2. The van der Waals surface area contributed by atoms with Gasteiger partial charge in [0.2, 0.25) is 0 Å². The number of hydrogen-bond donors (Lipinski definition) is 0. The number of allylic oxidation sites excluding steroid dienone is 8. The molecule has 2 aliphatic carbocycles. The van der Waals surface area contributed by atoms with E-state index in [1.807, 2.05) is 0 Å². The molecular weight excluding hydrogens is 216 g/mol. The predicted molar refractivity (Wildman–Crippen MR) is 63.8 cm³/mol. The molecule has 0 unspecified atom stereocenters. The molecule has 0 atom stereocenters. The van der Waals surface area contributed by atoms with Gasteiger partial charge in [-0.3, -0.25) is 12.2 Å². The Bertz CT molecular complexity index is 270. The van der Waals surface area contributed by atoms with Gasteiger partial charge in [0.15, 0.2) is 0 Å². The van der Waals surface area contributed by atoms with Crippen LogP contribution in [0.15, 0.2) is 34.4 Å². The summed E-state index contributed by atoms with van der Waals surface area (Å²) in [5.41, 5.74) is 5.42. The summed E-state index contributed by atoms with van der Waals surface area (Å²) in [6, 6.07) is 0. The Morgan fingerprint density at radius 2 is 1.20 bits per heavy atom. The Labute approximate surface area is 112 Å². The quantitative estimate of drug-likeness (QED) is 0.432. The Balaban J connectivity index is -0.000000196. The van der Waals surface area contributed by atoms with Crippen molar-refractivity contribution in [3.05, 3.63) is 46.6 Å². The van der Waals surface area contributed by atoms with Crippen molar-refractivity contribution in [1.82, 2.24) is 0 Å². The fraction of sp³-hybridized carbons (Fsp3) is 0.429. The Morgan fingerprint density at radius 1 is 0.867 bits per heavy atom. The Morgan fingerprint density at radius 3 is 1.27 bits per heavy atom. The van der Waals surface area contributed by atoms with Gasteiger partial charge in [0, 0.05) is 0 Å². The average molecular weight is 236 g/mol. The summed E-state index contributed by atoms with van der Waals surface area (Å²) in [7, 11) is 0. The third-order valence-electron chi connectivity index (χ3n) is 2.73. The third-order valence-corrected chi connectivity index (χ3v) is 2.73. The normalized spacial score (nSPS) is 17.9. The molecule has 2 rings (SSSR count). The van der Waals surface area contributed by atoms with E-state index in [2.05, 4.69) is 52.0 Å². The molecule has 0 spiro atoms. The molecule has 0 aromatic rings. The van der Waals surface area contributed by atoms with Gasteiger partial charge >= 0.3 is 21.7 Å². The van der Waals surface area contributed by atoms with Crippen LogP contribution in [0.4, 0.5) is 0 Å². The van der Waals surface area contributed by atoms with Crippen molar-refractivity contribution in [1.29, 1.82) is 0 Å². The molecule has 0 aromatic heterocycles. The van der Waals surface area contributed by atoms with Gasteiger partial charge in [-0.15, -0.1) is 26.7 Å². The van der Waals surface area contributed by atoms with E-state index in [9.17, 15) is 0 Å².